The second-order valence-electron chi connectivity index (χ2n) is 6.93. The van der Waals surface area contributed by atoms with Crippen molar-refractivity contribution in [3.05, 3.63) is 84.2 Å². The topological polar surface area (TPSA) is 72.7 Å². The second-order valence-corrected chi connectivity index (χ2v) is 7.87. The summed E-state index contributed by atoms with van der Waals surface area (Å²) in [7, 11) is 0. The fourth-order valence-electron chi connectivity index (χ4n) is 3.24. The van der Waals surface area contributed by atoms with E-state index in [1.165, 1.54) is 11.8 Å². The molecular formula is C23H21N5OS. The normalized spacial score (nSPS) is 10.7. The molecule has 4 rings (SSSR count). The molecule has 0 atom stereocenters. The average Bonchev–Trinajstić information content (AvgIpc) is 3.17. The lowest BCUT2D eigenvalue weighted by Crippen LogP contribution is -2.14. The largest absolute Gasteiger partial charge is 0.325 e. The molecule has 2 aromatic carbocycles. The fourth-order valence-corrected chi connectivity index (χ4v) is 3.99. The van der Waals surface area contributed by atoms with Crippen LogP contribution in [0.3, 0.4) is 0 Å². The molecular weight excluding hydrogens is 394 g/mol. The Morgan fingerprint density at radius 3 is 2.37 bits per heavy atom. The van der Waals surface area contributed by atoms with Crippen LogP contribution in [0, 0.1) is 13.8 Å². The van der Waals surface area contributed by atoms with Crippen LogP contribution < -0.4 is 5.32 Å². The molecule has 7 heteroatoms. The van der Waals surface area contributed by atoms with Gasteiger partial charge in [-0.1, -0.05) is 36.0 Å². The smallest absolute Gasteiger partial charge is 0.234 e. The number of carbonyl (C=O) groups excluding carboxylic acids is 1. The molecule has 0 aliphatic rings. The zero-order valence-corrected chi connectivity index (χ0v) is 17.6. The third-order valence-corrected chi connectivity index (χ3v) is 5.35. The van der Waals surface area contributed by atoms with Crippen molar-refractivity contribution >= 4 is 23.4 Å². The van der Waals surface area contributed by atoms with Gasteiger partial charge in [-0.2, -0.15) is 0 Å². The van der Waals surface area contributed by atoms with Gasteiger partial charge in [-0.05, 0) is 61.4 Å². The molecule has 0 fully saturated rings. The van der Waals surface area contributed by atoms with Gasteiger partial charge in [0, 0.05) is 29.3 Å². The van der Waals surface area contributed by atoms with E-state index in [0.29, 0.717) is 11.0 Å². The molecule has 4 aromatic rings. The number of pyridine rings is 1. The van der Waals surface area contributed by atoms with Gasteiger partial charge in [0.2, 0.25) is 5.91 Å². The number of hydrogen-bond acceptors (Lipinski definition) is 5. The van der Waals surface area contributed by atoms with E-state index in [1.807, 2.05) is 73.0 Å². The highest BCUT2D eigenvalue weighted by Crippen LogP contribution is 2.27. The quantitative estimate of drug-likeness (QED) is 0.463. The molecule has 1 N–H and O–H groups in total. The van der Waals surface area contributed by atoms with Crippen molar-refractivity contribution in [1.29, 1.82) is 0 Å². The van der Waals surface area contributed by atoms with E-state index in [4.69, 9.17) is 0 Å². The molecule has 0 unspecified atom stereocenters. The van der Waals surface area contributed by atoms with Crippen molar-refractivity contribution in [3.8, 4) is 17.1 Å². The molecule has 2 heterocycles. The van der Waals surface area contributed by atoms with Crippen LogP contribution in [0.4, 0.5) is 5.69 Å². The molecule has 0 aliphatic carbocycles. The Kier molecular flexibility index (Phi) is 5.90. The summed E-state index contributed by atoms with van der Waals surface area (Å²) in [4.78, 5) is 16.6. The molecule has 0 aliphatic heterocycles. The highest BCUT2D eigenvalue weighted by atomic mass is 32.2. The first kappa shape index (κ1) is 19.8. The van der Waals surface area contributed by atoms with E-state index in [9.17, 15) is 4.79 Å². The van der Waals surface area contributed by atoms with Gasteiger partial charge in [0.05, 0.1) is 5.75 Å². The molecule has 0 spiro atoms. The van der Waals surface area contributed by atoms with E-state index in [2.05, 4.69) is 26.6 Å². The Morgan fingerprint density at radius 2 is 1.67 bits per heavy atom. The number of anilines is 1. The summed E-state index contributed by atoms with van der Waals surface area (Å²) in [5.41, 5.74) is 4.88. The first-order valence-electron chi connectivity index (χ1n) is 9.52. The molecule has 1 amide bonds. The average molecular weight is 416 g/mol. The van der Waals surface area contributed by atoms with Crippen LogP contribution in [0.1, 0.15) is 11.1 Å². The fraction of sp³-hybridized carbons (Fsp3) is 0.130. The standard InChI is InChI=1S/C23H21N5OS/c1-16-12-17(2)14-19(13-16)25-21(29)15-30-23-27-26-22(18-8-10-24-11-9-18)28(23)20-6-4-3-5-7-20/h3-14H,15H2,1-2H3,(H,25,29). The van der Waals surface area contributed by atoms with Crippen molar-refractivity contribution < 1.29 is 4.79 Å². The zero-order chi connectivity index (χ0) is 20.9. The minimum Gasteiger partial charge on any atom is -0.325 e. The van der Waals surface area contributed by atoms with Crippen molar-refractivity contribution in [3.63, 3.8) is 0 Å². The highest BCUT2D eigenvalue weighted by Gasteiger charge is 2.17. The number of benzene rings is 2. The van der Waals surface area contributed by atoms with Gasteiger partial charge < -0.3 is 5.32 Å². The van der Waals surface area contributed by atoms with Crippen molar-refractivity contribution in [2.75, 3.05) is 11.1 Å². The van der Waals surface area contributed by atoms with Crippen LogP contribution in [0.15, 0.2) is 78.2 Å². The van der Waals surface area contributed by atoms with Gasteiger partial charge in [-0.3, -0.25) is 14.3 Å². The Balaban J connectivity index is 1.57. The van der Waals surface area contributed by atoms with Crippen molar-refractivity contribution in [2.45, 2.75) is 19.0 Å². The van der Waals surface area contributed by atoms with Gasteiger partial charge in [-0.15, -0.1) is 10.2 Å². The number of nitrogens with zero attached hydrogens (tertiary/aromatic N) is 4. The van der Waals surface area contributed by atoms with Crippen LogP contribution in [-0.2, 0) is 4.79 Å². The summed E-state index contributed by atoms with van der Waals surface area (Å²) in [5.74, 6) is 0.854. The molecule has 150 valence electrons. The third-order valence-electron chi connectivity index (χ3n) is 4.42. The Labute approximate surface area is 179 Å². The monoisotopic (exact) mass is 415 g/mol. The summed E-state index contributed by atoms with van der Waals surface area (Å²) in [6, 6.07) is 19.7. The van der Waals surface area contributed by atoms with Crippen LogP contribution in [0.25, 0.3) is 17.1 Å². The lowest BCUT2D eigenvalue weighted by molar-refractivity contribution is -0.113. The molecule has 0 saturated heterocycles. The van der Waals surface area contributed by atoms with Crippen LogP contribution in [-0.4, -0.2) is 31.4 Å². The first-order valence-corrected chi connectivity index (χ1v) is 10.5. The summed E-state index contributed by atoms with van der Waals surface area (Å²) in [6.07, 6.45) is 3.45. The van der Waals surface area contributed by atoms with Gasteiger partial charge in [0.25, 0.3) is 0 Å². The van der Waals surface area contributed by atoms with E-state index in [0.717, 1.165) is 28.1 Å². The summed E-state index contributed by atoms with van der Waals surface area (Å²) in [5, 5.41) is 12.4. The van der Waals surface area contributed by atoms with Gasteiger partial charge >= 0.3 is 0 Å². The van der Waals surface area contributed by atoms with Gasteiger partial charge in [0.1, 0.15) is 0 Å². The predicted octanol–water partition coefficient (Wildman–Crippen LogP) is 4.68. The molecule has 0 radical (unpaired) electrons. The summed E-state index contributed by atoms with van der Waals surface area (Å²) >= 11 is 1.35. The van der Waals surface area contributed by atoms with E-state index in [1.54, 1.807) is 12.4 Å². The lowest BCUT2D eigenvalue weighted by atomic mass is 10.1. The second kappa shape index (κ2) is 8.92. The van der Waals surface area contributed by atoms with Gasteiger partial charge in [0.15, 0.2) is 11.0 Å². The Morgan fingerprint density at radius 1 is 0.967 bits per heavy atom. The van der Waals surface area contributed by atoms with Crippen molar-refractivity contribution in [1.82, 2.24) is 19.7 Å². The van der Waals surface area contributed by atoms with E-state index in [-0.39, 0.29) is 11.7 Å². The first-order chi connectivity index (χ1) is 14.6. The molecule has 2 aromatic heterocycles. The number of nitrogens with one attached hydrogen (secondary N) is 1. The summed E-state index contributed by atoms with van der Waals surface area (Å²) < 4.78 is 1.96. The number of carbonyl (C=O) groups is 1. The van der Waals surface area contributed by atoms with Crippen LogP contribution in [0.2, 0.25) is 0 Å². The predicted molar refractivity (Wildman–Crippen MR) is 120 cm³/mol. The maximum atomic E-state index is 12.5. The molecule has 30 heavy (non-hydrogen) atoms. The zero-order valence-electron chi connectivity index (χ0n) is 16.7. The molecule has 0 bridgehead atoms. The maximum Gasteiger partial charge on any atom is 0.234 e. The number of rotatable bonds is 6. The summed E-state index contributed by atoms with van der Waals surface area (Å²) in [6.45, 7) is 4.03. The molecule has 0 saturated carbocycles. The van der Waals surface area contributed by atoms with Gasteiger partial charge in [-0.25, -0.2) is 0 Å². The lowest BCUT2D eigenvalue weighted by Gasteiger charge is -2.11. The molecule has 6 nitrogen and oxygen atoms in total. The number of thioether (sulfide) groups is 1. The SMILES string of the molecule is Cc1cc(C)cc(NC(=O)CSc2nnc(-c3ccncc3)n2-c2ccccc2)c1. The minimum absolute atomic E-state index is 0.0851. The minimum atomic E-state index is -0.0851. The number of amides is 1. The van der Waals surface area contributed by atoms with Crippen LogP contribution >= 0.6 is 11.8 Å². The maximum absolute atomic E-state index is 12.5. The van der Waals surface area contributed by atoms with E-state index < -0.39 is 0 Å². The van der Waals surface area contributed by atoms with Crippen LogP contribution in [0.5, 0.6) is 0 Å². The Bertz CT molecular complexity index is 1140. The third kappa shape index (κ3) is 4.58. The number of para-hydroxylation sites is 1. The van der Waals surface area contributed by atoms with E-state index >= 15 is 0 Å². The Hall–Kier alpha value is -3.45. The number of aromatic nitrogens is 4. The van der Waals surface area contributed by atoms with Crippen molar-refractivity contribution in [2.24, 2.45) is 0 Å². The number of hydrogen-bond donors (Lipinski definition) is 1. The number of aryl methyl sites for hydroxylation is 2. The highest BCUT2D eigenvalue weighted by molar-refractivity contribution is 7.99.